The monoisotopic (exact) mass is 318 g/mol. The summed E-state index contributed by atoms with van der Waals surface area (Å²) >= 11 is 12.1. The molecule has 1 aromatic heterocycles. The molecule has 0 aliphatic heterocycles. The molecule has 0 aliphatic rings. The molecule has 19 heavy (non-hydrogen) atoms. The highest BCUT2D eigenvalue weighted by molar-refractivity contribution is 7.84. The van der Waals surface area contributed by atoms with E-state index < -0.39 is 10.8 Å². The van der Waals surface area contributed by atoms with Crippen molar-refractivity contribution in [1.82, 2.24) is 9.55 Å². The number of halogens is 2. The zero-order valence-electron chi connectivity index (χ0n) is 10.9. The fourth-order valence-electron chi connectivity index (χ4n) is 2.02. The van der Waals surface area contributed by atoms with E-state index in [4.69, 9.17) is 23.2 Å². The highest BCUT2D eigenvalue weighted by Gasteiger charge is 2.16. The quantitative estimate of drug-likeness (QED) is 0.793. The van der Waals surface area contributed by atoms with Crippen LogP contribution in [-0.4, -0.2) is 31.1 Å². The van der Waals surface area contributed by atoms with Gasteiger partial charge in [0.2, 0.25) is 0 Å². The molecule has 0 N–H and O–H groups in total. The Labute approximate surface area is 125 Å². The molecule has 2 aromatic rings. The van der Waals surface area contributed by atoms with Crippen molar-refractivity contribution in [3.05, 3.63) is 29.0 Å². The van der Waals surface area contributed by atoms with Gasteiger partial charge >= 0.3 is 0 Å². The third-order valence-corrected chi connectivity index (χ3v) is 4.90. The lowest BCUT2D eigenvalue weighted by molar-refractivity contribution is 0.635. The van der Waals surface area contributed by atoms with Crippen LogP contribution in [0.3, 0.4) is 0 Å². The minimum absolute atomic E-state index is 0.0442. The maximum absolute atomic E-state index is 11.6. The molecule has 2 atom stereocenters. The summed E-state index contributed by atoms with van der Waals surface area (Å²) in [7, 11) is -0.881. The van der Waals surface area contributed by atoms with E-state index in [1.165, 1.54) is 0 Å². The summed E-state index contributed by atoms with van der Waals surface area (Å²) < 4.78 is 13.6. The number of benzene rings is 1. The predicted molar refractivity (Wildman–Crippen MR) is 82.7 cm³/mol. The first-order valence-corrected chi connectivity index (χ1v) is 8.59. The Kier molecular flexibility index (Phi) is 4.87. The lowest BCUT2D eigenvalue weighted by Crippen LogP contribution is -2.19. The minimum atomic E-state index is -0.881. The maximum atomic E-state index is 11.6. The number of rotatable bonds is 5. The largest absolute Gasteiger partial charge is 0.326 e. The molecule has 0 saturated heterocycles. The van der Waals surface area contributed by atoms with Crippen molar-refractivity contribution in [3.8, 4) is 0 Å². The molecule has 0 radical (unpaired) electrons. The molecule has 3 nitrogen and oxygen atoms in total. The van der Waals surface area contributed by atoms with Crippen LogP contribution in [0, 0.1) is 0 Å². The van der Waals surface area contributed by atoms with Crippen LogP contribution in [0.1, 0.15) is 12.7 Å². The van der Waals surface area contributed by atoms with E-state index in [0.717, 1.165) is 16.9 Å². The molecule has 2 unspecified atom stereocenters. The summed E-state index contributed by atoms with van der Waals surface area (Å²) in [5.74, 6) is 1.40. The highest BCUT2D eigenvalue weighted by Crippen LogP contribution is 2.25. The van der Waals surface area contributed by atoms with Gasteiger partial charge in [0.05, 0.1) is 16.1 Å². The molecule has 0 saturated carbocycles. The van der Waals surface area contributed by atoms with Crippen LogP contribution >= 0.6 is 23.2 Å². The van der Waals surface area contributed by atoms with E-state index in [2.05, 4.69) is 4.98 Å². The van der Waals surface area contributed by atoms with Gasteiger partial charge in [-0.1, -0.05) is 17.7 Å². The molecule has 0 aliphatic carbocycles. The summed E-state index contributed by atoms with van der Waals surface area (Å²) in [5, 5.41) is 0.711. The third-order valence-electron chi connectivity index (χ3n) is 3.12. The summed E-state index contributed by atoms with van der Waals surface area (Å²) in [4.78, 5) is 4.57. The number of aryl methyl sites for hydroxylation is 1. The highest BCUT2D eigenvalue weighted by atomic mass is 35.5. The van der Waals surface area contributed by atoms with E-state index in [-0.39, 0.29) is 5.25 Å². The second kappa shape index (κ2) is 6.25. The topological polar surface area (TPSA) is 34.9 Å². The van der Waals surface area contributed by atoms with Crippen molar-refractivity contribution in [2.75, 3.05) is 12.1 Å². The van der Waals surface area contributed by atoms with Crippen LogP contribution in [-0.2, 0) is 23.8 Å². The first kappa shape index (κ1) is 14.8. The van der Waals surface area contributed by atoms with Gasteiger partial charge in [-0.25, -0.2) is 4.98 Å². The van der Waals surface area contributed by atoms with Crippen LogP contribution in [0.5, 0.6) is 0 Å². The fraction of sp³-hybridized carbons (Fsp3) is 0.462. The van der Waals surface area contributed by atoms with Crippen molar-refractivity contribution < 1.29 is 4.21 Å². The van der Waals surface area contributed by atoms with Crippen LogP contribution in [0.2, 0.25) is 5.02 Å². The van der Waals surface area contributed by atoms with Gasteiger partial charge in [-0.3, -0.25) is 4.21 Å². The van der Waals surface area contributed by atoms with Gasteiger partial charge in [0.15, 0.2) is 0 Å². The lowest BCUT2D eigenvalue weighted by Gasteiger charge is -2.13. The summed E-state index contributed by atoms with van der Waals surface area (Å²) in [5.41, 5.74) is 1.77. The van der Waals surface area contributed by atoms with E-state index in [0.29, 0.717) is 23.9 Å². The Hall–Kier alpha value is -0.580. The molecule has 6 heteroatoms. The van der Waals surface area contributed by atoms with Crippen LogP contribution in [0.15, 0.2) is 18.2 Å². The fourth-order valence-corrected chi connectivity index (χ4v) is 2.82. The van der Waals surface area contributed by atoms with Crippen molar-refractivity contribution in [2.45, 2.75) is 25.1 Å². The van der Waals surface area contributed by atoms with Crippen LogP contribution in [0.25, 0.3) is 11.0 Å². The molecule has 2 rings (SSSR count). The molecule has 0 fully saturated rings. The molecular weight excluding hydrogens is 303 g/mol. The van der Waals surface area contributed by atoms with Gasteiger partial charge < -0.3 is 4.57 Å². The predicted octanol–water partition coefficient (Wildman–Crippen LogP) is 3.24. The Bertz CT molecular complexity index is 612. The Balaban J connectivity index is 2.54. The Morgan fingerprint density at radius 1 is 1.47 bits per heavy atom. The van der Waals surface area contributed by atoms with Gasteiger partial charge in [-0.15, -0.1) is 11.6 Å². The minimum Gasteiger partial charge on any atom is -0.326 e. The SMILES string of the molecule is CC(Cn1c(CCCl)nc2cccc(Cl)c21)S(C)=O. The molecule has 1 aromatic carbocycles. The first-order valence-electron chi connectivity index (χ1n) is 6.06. The zero-order valence-corrected chi connectivity index (χ0v) is 13.2. The number of fused-ring (bicyclic) bond motifs is 1. The van der Waals surface area contributed by atoms with E-state index in [9.17, 15) is 4.21 Å². The molecule has 1 heterocycles. The normalized spacial score (nSPS) is 14.7. The maximum Gasteiger partial charge on any atom is 0.111 e. The van der Waals surface area contributed by atoms with Gasteiger partial charge in [-0.2, -0.15) is 0 Å². The summed E-state index contributed by atoms with van der Waals surface area (Å²) in [6.45, 7) is 2.60. The second-order valence-electron chi connectivity index (χ2n) is 4.49. The standard InChI is InChI=1S/C13H16Cl2N2OS/c1-9(19(2)18)8-17-12(6-7-14)16-11-5-3-4-10(15)13(11)17/h3-5,9H,6-8H2,1-2H3. The number of alkyl halides is 1. The summed E-state index contributed by atoms with van der Waals surface area (Å²) in [6.07, 6.45) is 2.39. The van der Waals surface area contributed by atoms with E-state index >= 15 is 0 Å². The van der Waals surface area contributed by atoms with Crippen LogP contribution in [0.4, 0.5) is 0 Å². The number of imidazole rings is 1. The van der Waals surface area contributed by atoms with Crippen LogP contribution < -0.4 is 0 Å². The van der Waals surface area contributed by atoms with Crippen molar-refractivity contribution >= 4 is 45.0 Å². The Morgan fingerprint density at radius 2 is 2.21 bits per heavy atom. The third kappa shape index (κ3) is 3.12. The van der Waals surface area contributed by atoms with Gasteiger partial charge in [-0.05, 0) is 19.1 Å². The lowest BCUT2D eigenvalue weighted by atomic mass is 10.3. The second-order valence-corrected chi connectivity index (χ2v) is 7.08. The van der Waals surface area contributed by atoms with Crippen molar-refractivity contribution in [2.24, 2.45) is 0 Å². The molecule has 0 amide bonds. The molecule has 0 spiro atoms. The first-order chi connectivity index (χ1) is 9.04. The summed E-state index contributed by atoms with van der Waals surface area (Å²) in [6, 6.07) is 5.66. The molecule has 0 bridgehead atoms. The van der Waals surface area contributed by atoms with E-state index in [1.807, 2.05) is 29.7 Å². The number of para-hydroxylation sites is 1. The number of nitrogens with zero attached hydrogens (tertiary/aromatic N) is 2. The van der Waals surface area contributed by atoms with E-state index in [1.54, 1.807) is 6.26 Å². The van der Waals surface area contributed by atoms with Crippen molar-refractivity contribution in [3.63, 3.8) is 0 Å². The van der Waals surface area contributed by atoms with Gasteiger partial charge in [0.25, 0.3) is 0 Å². The average Bonchev–Trinajstić information content (AvgIpc) is 2.69. The number of hydrogen-bond donors (Lipinski definition) is 0. The van der Waals surface area contributed by atoms with Gasteiger partial charge in [0, 0.05) is 41.2 Å². The molecule has 104 valence electrons. The number of aromatic nitrogens is 2. The number of hydrogen-bond acceptors (Lipinski definition) is 2. The average molecular weight is 319 g/mol. The Morgan fingerprint density at radius 3 is 2.84 bits per heavy atom. The van der Waals surface area contributed by atoms with Gasteiger partial charge in [0.1, 0.15) is 5.82 Å². The zero-order chi connectivity index (χ0) is 14.0. The molecular formula is C13H16Cl2N2OS. The smallest absolute Gasteiger partial charge is 0.111 e. The van der Waals surface area contributed by atoms with Crippen molar-refractivity contribution in [1.29, 1.82) is 0 Å².